The zero-order chi connectivity index (χ0) is 40.0. The molecule has 0 aliphatic carbocycles. The average Bonchev–Trinajstić information content (AvgIpc) is 3.29. The Hall–Kier alpha value is -4.79. The summed E-state index contributed by atoms with van der Waals surface area (Å²) in [5, 5.41) is 4.37. The maximum Gasteiger partial charge on any atom is 0.192 e. The molecule has 0 heterocycles. The molecule has 0 saturated heterocycles. The second-order valence-electron chi connectivity index (χ2n) is 15.9. The summed E-state index contributed by atoms with van der Waals surface area (Å²) in [6.45, 7) is 11.6. The molecule has 4 heteroatoms. The van der Waals surface area contributed by atoms with Gasteiger partial charge in [0.05, 0.1) is 11.8 Å². The van der Waals surface area contributed by atoms with Crippen LogP contribution in [0.1, 0.15) is 41.0 Å². The van der Waals surface area contributed by atoms with E-state index in [2.05, 4.69) is 247 Å². The van der Waals surface area contributed by atoms with Gasteiger partial charge in [-0.1, -0.05) is 197 Å². The Morgan fingerprint density at radius 1 is 0.404 bits per heavy atom. The molecular weight excluding hydrogens is 722 g/mol. The summed E-state index contributed by atoms with van der Waals surface area (Å²) in [5.41, 5.74) is 5.23. The van der Waals surface area contributed by atoms with Gasteiger partial charge in [0.1, 0.15) is 29.3 Å². The van der Waals surface area contributed by atoms with Crippen LogP contribution in [0.15, 0.2) is 212 Å². The van der Waals surface area contributed by atoms with Crippen LogP contribution in [0.5, 0.6) is 0 Å². The predicted octanol–water partition coefficient (Wildman–Crippen LogP) is 10.2. The van der Waals surface area contributed by atoms with Crippen molar-refractivity contribution in [3.05, 3.63) is 212 Å². The van der Waals surface area contributed by atoms with E-state index in [1.165, 1.54) is 55.9 Å². The van der Waals surface area contributed by atoms with Gasteiger partial charge in [0, 0.05) is 6.42 Å². The lowest BCUT2D eigenvalue weighted by molar-refractivity contribution is 0.0923. The highest BCUT2D eigenvalue weighted by Gasteiger charge is 2.47. The van der Waals surface area contributed by atoms with Crippen LogP contribution in [0.3, 0.4) is 0 Å². The van der Waals surface area contributed by atoms with E-state index >= 15 is 0 Å². The Morgan fingerprint density at radius 2 is 0.649 bits per heavy atom. The fourth-order valence-corrected chi connectivity index (χ4v) is 16.8. The molecular formula is C53H60BOPSi. The van der Waals surface area contributed by atoms with Gasteiger partial charge in [-0.2, -0.15) is 21.9 Å². The summed E-state index contributed by atoms with van der Waals surface area (Å²) in [6, 6.07) is 80.7. The largest absolute Gasteiger partial charge is 0.412 e. The van der Waals surface area contributed by atoms with Crippen LogP contribution >= 0.6 is 7.26 Å². The minimum Gasteiger partial charge on any atom is -0.412 e. The highest BCUT2D eigenvalue weighted by Crippen LogP contribution is 2.56. The molecule has 0 fully saturated rings. The SMILES string of the molecule is CC[Si](CC)(CC)OC(C)(C)CC[P+](c1ccccc1)(c1ccccc1)c1ccccc1.c1ccc([B-](c2ccccc2)(c2ccccc2)c2ccccc2)cc1. The van der Waals surface area contributed by atoms with Crippen molar-refractivity contribution in [2.75, 3.05) is 6.16 Å². The monoisotopic (exact) mass is 782 g/mol. The number of rotatable bonds is 15. The summed E-state index contributed by atoms with van der Waals surface area (Å²) < 4.78 is 7.03. The fraction of sp³-hybridized carbons (Fsp3) is 0.208. The van der Waals surface area contributed by atoms with Gasteiger partial charge in [-0.3, -0.25) is 0 Å². The highest BCUT2D eigenvalue weighted by molar-refractivity contribution is 7.95. The molecule has 7 aromatic rings. The van der Waals surface area contributed by atoms with Gasteiger partial charge in [0.2, 0.25) is 0 Å². The molecule has 0 radical (unpaired) electrons. The van der Waals surface area contributed by atoms with Crippen LogP contribution in [0.4, 0.5) is 0 Å². The zero-order valence-electron chi connectivity index (χ0n) is 34.7. The third-order valence-electron chi connectivity index (χ3n) is 12.3. The van der Waals surface area contributed by atoms with Crippen LogP contribution in [0.25, 0.3) is 0 Å². The van der Waals surface area contributed by atoms with Gasteiger partial charge in [-0.05, 0) is 68.4 Å². The standard InChI is InChI=1S/C29H40OPSi.C24H20B/c1-6-32(7-2,8-3)30-29(4,5)24-25-31(26-18-12-9-13-19-26,27-20-14-10-15-21-27)28-22-16-11-17-23-28;1-5-13-21(14-6-1)25(22-15-7-2-8-16-22,23-17-9-3-10-18-23)24-19-11-4-12-20-24/h9-23H,6-8,24-25H2,1-5H3;1-20H/q+1;-1. The highest BCUT2D eigenvalue weighted by atomic mass is 31.2. The molecule has 0 amide bonds. The molecule has 0 spiro atoms. The first-order valence-electron chi connectivity index (χ1n) is 21.0. The topological polar surface area (TPSA) is 9.23 Å². The molecule has 0 saturated carbocycles. The molecule has 7 aromatic carbocycles. The lowest BCUT2D eigenvalue weighted by Crippen LogP contribution is -2.74. The van der Waals surface area contributed by atoms with E-state index in [1.807, 2.05) is 0 Å². The van der Waals surface area contributed by atoms with Crippen molar-refractivity contribution in [1.29, 1.82) is 0 Å². The van der Waals surface area contributed by atoms with Gasteiger partial charge in [0.15, 0.2) is 8.32 Å². The third-order valence-corrected chi connectivity index (χ3v) is 21.5. The second-order valence-corrected chi connectivity index (χ2v) is 24.2. The second kappa shape index (κ2) is 19.6. The van der Waals surface area contributed by atoms with Crippen molar-refractivity contribution in [3.8, 4) is 0 Å². The Balaban J connectivity index is 0.000000198. The lowest BCUT2D eigenvalue weighted by atomic mass is 9.13. The molecule has 290 valence electrons. The van der Waals surface area contributed by atoms with E-state index in [9.17, 15) is 0 Å². The predicted molar refractivity (Wildman–Crippen MR) is 257 cm³/mol. The summed E-state index contributed by atoms with van der Waals surface area (Å²) in [5.74, 6) is 0. The summed E-state index contributed by atoms with van der Waals surface area (Å²) in [6.07, 6.45) is 0.945. The Kier molecular flexibility index (Phi) is 14.4. The van der Waals surface area contributed by atoms with Gasteiger partial charge in [-0.15, -0.1) is 0 Å². The molecule has 0 aliphatic heterocycles. The fourth-order valence-electron chi connectivity index (χ4n) is 9.04. The number of hydrogen-bond acceptors (Lipinski definition) is 1. The third kappa shape index (κ3) is 9.34. The molecule has 0 unspecified atom stereocenters. The Labute approximate surface area is 345 Å². The first-order valence-corrected chi connectivity index (χ1v) is 25.5. The molecule has 0 atom stereocenters. The minimum atomic E-state index is -1.81. The molecule has 0 aromatic heterocycles. The average molecular weight is 783 g/mol. The normalized spacial score (nSPS) is 12.0. The van der Waals surface area contributed by atoms with E-state index in [-0.39, 0.29) is 5.60 Å². The van der Waals surface area contributed by atoms with Crippen LogP contribution in [0.2, 0.25) is 18.1 Å². The summed E-state index contributed by atoms with van der Waals surface area (Å²) in [7, 11) is -3.48. The van der Waals surface area contributed by atoms with Gasteiger partial charge in [0.25, 0.3) is 0 Å². The van der Waals surface area contributed by atoms with Crippen molar-refractivity contribution in [2.45, 2.75) is 64.8 Å². The zero-order valence-corrected chi connectivity index (χ0v) is 36.6. The molecule has 1 nitrogen and oxygen atoms in total. The first-order chi connectivity index (χ1) is 27.8. The Morgan fingerprint density at radius 3 is 0.895 bits per heavy atom. The van der Waals surface area contributed by atoms with E-state index < -0.39 is 21.7 Å². The van der Waals surface area contributed by atoms with Crippen LogP contribution in [-0.4, -0.2) is 26.2 Å². The maximum absolute atomic E-state index is 7.03. The van der Waals surface area contributed by atoms with Gasteiger partial charge >= 0.3 is 0 Å². The van der Waals surface area contributed by atoms with E-state index in [1.54, 1.807) is 0 Å². The van der Waals surface area contributed by atoms with Crippen LogP contribution in [-0.2, 0) is 4.43 Å². The quantitative estimate of drug-likeness (QED) is 0.0744. The summed E-state index contributed by atoms with van der Waals surface area (Å²) in [4.78, 5) is 0. The maximum atomic E-state index is 7.03. The number of hydrogen-bond donors (Lipinski definition) is 0. The molecule has 57 heavy (non-hydrogen) atoms. The van der Waals surface area contributed by atoms with Crippen molar-refractivity contribution in [1.82, 2.24) is 0 Å². The van der Waals surface area contributed by atoms with Crippen molar-refractivity contribution < 1.29 is 4.43 Å². The lowest BCUT2D eigenvalue weighted by Gasteiger charge is -2.44. The van der Waals surface area contributed by atoms with Gasteiger partial charge in [-0.25, -0.2) is 0 Å². The molecule has 0 aliphatic rings. The molecule has 0 bridgehead atoms. The van der Waals surface area contributed by atoms with E-state index in [4.69, 9.17) is 4.43 Å². The van der Waals surface area contributed by atoms with Crippen LogP contribution in [0, 0.1) is 0 Å². The van der Waals surface area contributed by atoms with Crippen molar-refractivity contribution in [3.63, 3.8) is 0 Å². The Bertz CT molecular complexity index is 1910. The minimum absolute atomic E-state index is 0.127. The number of benzene rings is 7. The van der Waals surface area contributed by atoms with Crippen LogP contribution < -0.4 is 37.8 Å². The van der Waals surface area contributed by atoms with E-state index in [0.29, 0.717) is 0 Å². The summed E-state index contributed by atoms with van der Waals surface area (Å²) >= 11 is 0. The van der Waals surface area contributed by atoms with E-state index in [0.717, 1.165) is 12.6 Å². The van der Waals surface area contributed by atoms with Gasteiger partial charge < -0.3 is 4.43 Å². The smallest absolute Gasteiger partial charge is 0.192 e. The molecule has 0 N–H and O–H groups in total. The first kappa shape index (κ1) is 41.8. The van der Waals surface area contributed by atoms with Crippen molar-refractivity contribution >= 4 is 59.5 Å². The molecule has 7 rings (SSSR count). The van der Waals surface area contributed by atoms with Crippen molar-refractivity contribution in [2.24, 2.45) is 0 Å².